The summed E-state index contributed by atoms with van der Waals surface area (Å²) < 4.78 is 24.4. The Hall–Kier alpha value is -1.81. The molecule has 5 aliphatic rings. The number of ether oxygens (including phenoxy) is 4. The van der Waals surface area contributed by atoms with E-state index < -0.39 is 63.5 Å². The number of esters is 2. The first-order chi connectivity index (χ1) is 19.7. The van der Waals surface area contributed by atoms with Crippen molar-refractivity contribution in [3.63, 3.8) is 0 Å². The van der Waals surface area contributed by atoms with E-state index in [0.29, 0.717) is 32.1 Å². The van der Waals surface area contributed by atoms with Gasteiger partial charge in [0, 0.05) is 25.2 Å². The van der Waals surface area contributed by atoms with Gasteiger partial charge in [0.25, 0.3) is 0 Å². The van der Waals surface area contributed by atoms with Gasteiger partial charge in [-0.05, 0) is 115 Å². The van der Waals surface area contributed by atoms with Gasteiger partial charge in [-0.2, -0.15) is 0 Å². The van der Waals surface area contributed by atoms with Gasteiger partial charge in [-0.15, -0.1) is 0 Å². The third kappa shape index (κ3) is 5.30. The van der Waals surface area contributed by atoms with Crippen molar-refractivity contribution >= 4 is 17.7 Å². The third-order valence-electron chi connectivity index (χ3n) is 11.9. The lowest BCUT2D eigenvalue weighted by molar-refractivity contribution is -0.195. The molecule has 1 heterocycles. The predicted octanol–water partition coefficient (Wildman–Crippen LogP) is 4.79. The minimum atomic E-state index is -1.21. The van der Waals surface area contributed by atoms with Crippen LogP contribution in [0, 0.1) is 28.6 Å². The van der Waals surface area contributed by atoms with E-state index in [1.165, 1.54) is 13.8 Å². The van der Waals surface area contributed by atoms with Gasteiger partial charge in [0.2, 0.25) is 0 Å². The first-order valence-corrected chi connectivity index (χ1v) is 16.1. The largest absolute Gasteiger partial charge is 0.459 e. The Kier molecular flexibility index (Phi) is 7.85. The quantitative estimate of drug-likeness (QED) is 0.411. The van der Waals surface area contributed by atoms with Crippen LogP contribution in [-0.2, 0) is 33.3 Å². The van der Waals surface area contributed by atoms with Crippen molar-refractivity contribution in [2.45, 2.75) is 155 Å². The lowest BCUT2D eigenvalue weighted by Crippen LogP contribution is -2.63. The second-order valence-electron chi connectivity index (χ2n) is 15.9. The summed E-state index contributed by atoms with van der Waals surface area (Å²) in [7, 11) is 0. The first kappa shape index (κ1) is 32.6. The molecular formula is C34H52O9. The van der Waals surface area contributed by atoms with Crippen molar-refractivity contribution < 1.29 is 43.5 Å². The lowest BCUT2D eigenvalue weighted by atomic mass is 9.45. The van der Waals surface area contributed by atoms with Crippen molar-refractivity contribution in [1.82, 2.24) is 0 Å². The standard InChI is InChI=1S/C34H52O9/c1-19(35)40-25-17-23-24(37)16-22-21(31(23,7)18-26(25)41-20(2)36)10-14-32(8)27(11-15-34(22,32)39)33(9)28(12-13-29(3,4)38)42-30(5,6)43-33/h16,21,23,25-28,38-39H,10-15,17-18H2,1-9H3/t21-,23-,25+,26-,27-,28+,31+,32+,33+,34+/m0/s1. The molecule has 242 valence electrons. The summed E-state index contributed by atoms with van der Waals surface area (Å²) in [5, 5.41) is 23.3. The van der Waals surface area contributed by atoms with E-state index in [1.807, 2.05) is 13.8 Å². The highest BCUT2D eigenvalue weighted by atomic mass is 16.8. The van der Waals surface area contributed by atoms with Gasteiger partial charge >= 0.3 is 11.9 Å². The molecule has 0 unspecified atom stereocenters. The van der Waals surface area contributed by atoms with Crippen molar-refractivity contribution in [2.75, 3.05) is 0 Å². The number of carbonyl (C=O) groups excluding carboxylic acids is 3. The molecule has 1 saturated heterocycles. The molecule has 43 heavy (non-hydrogen) atoms. The van der Waals surface area contributed by atoms with Crippen LogP contribution in [0.1, 0.15) is 114 Å². The van der Waals surface area contributed by atoms with Crippen molar-refractivity contribution in [3.05, 3.63) is 11.6 Å². The Labute approximate surface area is 256 Å². The van der Waals surface area contributed by atoms with Crippen molar-refractivity contribution in [3.8, 4) is 0 Å². The Morgan fingerprint density at radius 2 is 1.63 bits per heavy atom. The zero-order chi connectivity index (χ0) is 32.0. The van der Waals surface area contributed by atoms with Crippen LogP contribution in [0.15, 0.2) is 11.6 Å². The molecule has 4 aliphatic carbocycles. The van der Waals surface area contributed by atoms with Gasteiger partial charge in [0.1, 0.15) is 12.2 Å². The predicted molar refractivity (Wildman–Crippen MR) is 158 cm³/mol. The summed E-state index contributed by atoms with van der Waals surface area (Å²) in [5.74, 6) is -2.33. The van der Waals surface area contributed by atoms with Gasteiger partial charge in [0.05, 0.1) is 22.9 Å². The van der Waals surface area contributed by atoms with Crippen LogP contribution in [0.25, 0.3) is 0 Å². The second-order valence-corrected chi connectivity index (χ2v) is 15.9. The van der Waals surface area contributed by atoms with Crippen LogP contribution in [0.4, 0.5) is 0 Å². The average Bonchev–Trinajstić information content (AvgIpc) is 3.27. The van der Waals surface area contributed by atoms with Crippen molar-refractivity contribution in [1.29, 1.82) is 0 Å². The fourth-order valence-electron chi connectivity index (χ4n) is 10.1. The van der Waals surface area contributed by atoms with E-state index in [0.717, 1.165) is 18.4 Å². The number of fused-ring (bicyclic) bond motifs is 5. The highest BCUT2D eigenvalue weighted by Gasteiger charge is 2.71. The fraction of sp³-hybridized carbons (Fsp3) is 0.853. The molecule has 10 atom stereocenters. The number of aliphatic hydroxyl groups is 2. The summed E-state index contributed by atoms with van der Waals surface area (Å²) in [6, 6.07) is 0. The van der Waals surface area contributed by atoms with Crippen LogP contribution in [0.5, 0.6) is 0 Å². The minimum absolute atomic E-state index is 0.0467. The molecule has 3 saturated carbocycles. The van der Waals surface area contributed by atoms with Crippen LogP contribution in [0.2, 0.25) is 0 Å². The normalized spacial score (nSPS) is 45.5. The van der Waals surface area contributed by atoms with Crippen LogP contribution in [0.3, 0.4) is 0 Å². The third-order valence-corrected chi connectivity index (χ3v) is 11.9. The average molecular weight is 605 g/mol. The molecular weight excluding hydrogens is 552 g/mol. The molecule has 0 radical (unpaired) electrons. The molecule has 0 aromatic carbocycles. The maximum Gasteiger partial charge on any atom is 0.303 e. The molecule has 0 spiro atoms. The topological polar surface area (TPSA) is 129 Å². The minimum Gasteiger partial charge on any atom is -0.459 e. The Bertz CT molecular complexity index is 1200. The summed E-state index contributed by atoms with van der Waals surface area (Å²) in [5.41, 5.74) is -3.11. The van der Waals surface area contributed by atoms with E-state index in [4.69, 9.17) is 18.9 Å². The molecule has 1 aliphatic heterocycles. The molecule has 0 amide bonds. The molecule has 2 N–H and O–H groups in total. The number of ketones is 1. The summed E-state index contributed by atoms with van der Waals surface area (Å²) in [6.07, 6.45) is 4.64. The van der Waals surface area contributed by atoms with E-state index in [2.05, 4.69) is 20.8 Å². The monoisotopic (exact) mass is 604 g/mol. The molecule has 5 rings (SSSR count). The summed E-state index contributed by atoms with van der Waals surface area (Å²) in [4.78, 5) is 37.8. The van der Waals surface area contributed by atoms with Gasteiger partial charge < -0.3 is 29.2 Å². The smallest absolute Gasteiger partial charge is 0.303 e. The summed E-state index contributed by atoms with van der Waals surface area (Å²) >= 11 is 0. The first-order valence-electron chi connectivity index (χ1n) is 16.1. The molecule has 0 aromatic heterocycles. The Morgan fingerprint density at radius 1 is 1.00 bits per heavy atom. The Balaban J connectivity index is 1.49. The van der Waals surface area contributed by atoms with Crippen LogP contribution >= 0.6 is 0 Å². The number of rotatable bonds is 6. The number of hydrogen-bond donors (Lipinski definition) is 2. The maximum atomic E-state index is 13.9. The molecule has 0 aromatic rings. The highest BCUT2D eigenvalue weighted by molar-refractivity contribution is 5.95. The molecule has 9 nitrogen and oxygen atoms in total. The van der Waals surface area contributed by atoms with E-state index >= 15 is 0 Å². The van der Waals surface area contributed by atoms with Gasteiger partial charge in [0.15, 0.2) is 11.6 Å². The SMILES string of the molecule is CC(=O)O[C@H]1C[C@@]2(C)[C@@H](C[C@H]1OC(C)=O)C(=O)C=C1[C@@H]2CC[C@]2(C)[C@@H]([C@@]3(C)OC(C)(C)O[C@@H]3CCC(C)(C)O)CC[C@@]12O. The Morgan fingerprint density at radius 3 is 2.23 bits per heavy atom. The molecule has 4 fully saturated rings. The number of carbonyl (C=O) groups is 3. The lowest BCUT2D eigenvalue weighted by Gasteiger charge is -2.61. The van der Waals surface area contributed by atoms with Crippen LogP contribution in [-0.4, -0.2) is 68.8 Å². The van der Waals surface area contributed by atoms with Crippen molar-refractivity contribution in [2.24, 2.45) is 28.6 Å². The highest BCUT2D eigenvalue weighted by Crippen LogP contribution is 2.70. The zero-order valence-corrected chi connectivity index (χ0v) is 27.5. The van der Waals surface area contributed by atoms with Gasteiger partial charge in [-0.3, -0.25) is 14.4 Å². The van der Waals surface area contributed by atoms with E-state index in [-0.39, 0.29) is 30.1 Å². The molecule has 0 bridgehead atoms. The number of allylic oxidation sites excluding steroid dienone is 1. The second kappa shape index (κ2) is 10.4. The van der Waals surface area contributed by atoms with Crippen LogP contribution < -0.4 is 0 Å². The van der Waals surface area contributed by atoms with E-state index in [1.54, 1.807) is 19.9 Å². The number of hydrogen-bond acceptors (Lipinski definition) is 9. The zero-order valence-electron chi connectivity index (χ0n) is 27.5. The summed E-state index contributed by atoms with van der Waals surface area (Å²) in [6.45, 7) is 16.4. The maximum absolute atomic E-state index is 13.9. The molecule has 9 heteroatoms. The van der Waals surface area contributed by atoms with Gasteiger partial charge in [-0.1, -0.05) is 13.8 Å². The fourth-order valence-corrected chi connectivity index (χ4v) is 10.1. The van der Waals surface area contributed by atoms with Gasteiger partial charge in [-0.25, -0.2) is 0 Å². The van der Waals surface area contributed by atoms with E-state index in [9.17, 15) is 24.6 Å².